The van der Waals surface area contributed by atoms with Crippen molar-refractivity contribution in [2.75, 3.05) is 16.4 Å². The van der Waals surface area contributed by atoms with Gasteiger partial charge in [0.2, 0.25) is 11.8 Å². The smallest absolute Gasteiger partial charge is 0.325 e. The van der Waals surface area contributed by atoms with Crippen LogP contribution in [0.4, 0.5) is 28.9 Å². The molecule has 1 aromatic carbocycles. The Labute approximate surface area is 150 Å². The van der Waals surface area contributed by atoms with Gasteiger partial charge in [0.15, 0.2) is 0 Å². The van der Waals surface area contributed by atoms with Crippen molar-refractivity contribution in [1.29, 1.82) is 0 Å². The van der Waals surface area contributed by atoms with Crippen molar-refractivity contribution in [3.05, 3.63) is 47.9 Å². The SMILES string of the molecule is CC(=O)Nc1cc(NC(=O)CSc2ccc(C(F)(F)F)cn2)ccc1F. The quantitative estimate of drug-likeness (QED) is 0.603. The molecule has 0 spiro atoms. The summed E-state index contributed by atoms with van der Waals surface area (Å²) in [4.78, 5) is 26.6. The predicted octanol–water partition coefficient (Wildman–Crippen LogP) is 3.93. The van der Waals surface area contributed by atoms with E-state index in [-0.39, 0.29) is 22.2 Å². The van der Waals surface area contributed by atoms with E-state index < -0.39 is 29.4 Å². The molecule has 2 rings (SSSR count). The molecule has 1 heterocycles. The number of anilines is 2. The molecule has 0 unspecified atom stereocenters. The maximum Gasteiger partial charge on any atom is 0.417 e. The van der Waals surface area contributed by atoms with Crippen molar-refractivity contribution in [3.63, 3.8) is 0 Å². The topological polar surface area (TPSA) is 71.1 Å². The van der Waals surface area contributed by atoms with E-state index in [1.54, 1.807) is 0 Å². The molecule has 138 valence electrons. The Morgan fingerprint density at radius 2 is 1.88 bits per heavy atom. The van der Waals surface area contributed by atoms with Crippen LogP contribution in [0.2, 0.25) is 0 Å². The Hall–Kier alpha value is -2.62. The maximum atomic E-state index is 13.5. The summed E-state index contributed by atoms with van der Waals surface area (Å²) in [5.74, 6) is -1.68. The van der Waals surface area contributed by atoms with Crippen LogP contribution in [0.1, 0.15) is 12.5 Å². The number of hydrogen-bond acceptors (Lipinski definition) is 4. The summed E-state index contributed by atoms with van der Waals surface area (Å²) in [6.45, 7) is 1.22. The molecule has 26 heavy (non-hydrogen) atoms. The van der Waals surface area contributed by atoms with Gasteiger partial charge in [0.25, 0.3) is 0 Å². The van der Waals surface area contributed by atoms with E-state index in [2.05, 4.69) is 15.6 Å². The summed E-state index contributed by atoms with van der Waals surface area (Å²) >= 11 is 0.951. The molecule has 0 bridgehead atoms. The molecule has 0 fully saturated rings. The molecule has 5 nitrogen and oxygen atoms in total. The van der Waals surface area contributed by atoms with Crippen LogP contribution < -0.4 is 10.6 Å². The van der Waals surface area contributed by atoms with E-state index in [0.717, 1.165) is 23.9 Å². The average molecular weight is 387 g/mol. The van der Waals surface area contributed by atoms with Gasteiger partial charge in [-0.3, -0.25) is 9.59 Å². The Morgan fingerprint density at radius 1 is 1.15 bits per heavy atom. The fraction of sp³-hybridized carbons (Fsp3) is 0.188. The average Bonchev–Trinajstić information content (AvgIpc) is 2.55. The summed E-state index contributed by atoms with van der Waals surface area (Å²) in [6, 6.07) is 5.72. The first kappa shape index (κ1) is 19.7. The predicted molar refractivity (Wildman–Crippen MR) is 89.3 cm³/mol. The van der Waals surface area contributed by atoms with Gasteiger partial charge in [-0.15, -0.1) is 0 Å². The highest BCUT2D eigenvalue weighted by atomic mass is 32.2. The van der Waals surface area contributed by atoms with Crippen LogP contribution in [0, 0.1) is 5.82 Å². The number of halogens is 4. The zero-order valence-corrected chi connectivity index (χ0v) is 14.2. The fourth-order valence-electron chi connectivity index (χ4n) is 1.86. The summed E-state index contributed by atoms with van der Waals surface area (Å²) in [5.41, 5.74) is -0.684. The molecule has 10 heteroatoms. The van der Waals surface area contributed by atoms with Gasteiger partial charge < -0.3 is 10.6 Å². The van der Waals surface area contributed by atoms with E-state index in [9.17, 15) is 27.2 Å². The standard InChI is InChI=1S/C16H13F4N3O2S/c1-9(24)22-13-6-11(3-4-12(13)17)23-14(25)8-26-15-5-2-10(7-21-15)16(18,19)20/h2-7H,8H2,1H3,(H,22,24)(H,23,25). The van der Waals surface area contributed by atoms with Crippen LogP contribution in [-0.2, 0) is 15.8 Å². The molecule has 0 saturated heterocycles. The molecule has 0 saturated carbocycles. The molecule has 1 aromatic heterocycles. The van der Waals surface area contributed by atoms with Crippen LogP contribution >= 0.6 is 11.8 Å². The lowest BCUT2D eigenvalue weighted by Crippen LogP contribution is -2.15. The first-order valence-corrected chi connectivity index (χ1v) is 8.17. The molecule has 0 aliphatic heterocycles. The molecular formula is C16H13F4N3O2S. The van der Waals surface area contributed by atoms with Crippen LogP contribution in [-0.4, -0.2) is 22.6 Å². The molecule has 0 aliphatic carbocycles. The summed E-state index contributed by atoms with van der Waals surface area (Å²) in [5, 5.41) is 5.05. The number of pyridine rings is 1. The largest absolute Gasteiger partial charge is 0.417 e. The van der Waals surface area contributed by atoms with Gasteiger partial charge in [0, 0.05) is 18.8 Å². The highest BCUT2D eigenvalue weighted by Crippen LogP contribution is 2.29. The molecule has 0 radical (unpaired) electrons. The Balaban J connectivity index is 1.94. The number of amides is 2. The second-order valence-corrected chi connectivity index (χ2v) is 6.09. The zero-order valence-electron chi connectivity index (χ0n) is 13.4. The number of alkyl halides is 3. The Kier molecular flexibility index (Phi) is 6.19. The summed E-state index contributed by atoms with van der Waals surface area (Å²) in [6.07, 6.45) is -3.78. The number of nitrogens with one attached hydrogen (secondary N) is 2. The lowest BCUT2D eigenvalue weighted by molar-refractivity contribution is -0.137. The minimum atomic E-state index is -4.47. The summed E-state index contributed by atoms with van der Waals surface area (Å²) in [7, 11) is 0. The van der Waals surface area contributed by atoms with Crippen LogP contribution in [0.25, 0.3) is 0 Å². The Morgan fingerprint density at radius 3 is 2.46 bits per heavy atom. The first-order valence-electron chi connectivity index (χ1n) is 7.18. The number of nitrogens with zero attached hydrogens (tertiary/aromatic N) is 1. The third kappa shape index (κ3) is 5.73. The third-order valence-corrected chi connectivity index (χ3v) is 3.92. The van der Waals surface area contributed by atoms with Gasteiger partial charge in [-0.2, -0.15) is 13.2 Å². The molecule has 0 aliphatic rings. The number of carbonyl (C=O) groups is 2. The number of carbonyl (C=O) groups excluding carboxylic acids is 2. The molecule has 2 amide bonds. The lowest BCUT2D eigenvalue weighted by atomic mass is 10.2. The van der Waals surface area contributed by atoms with Gasteiger partial charge in [-0.25, -0.2) is 9.37 Å². The molecule has 0 atom stereocenters. The normalized spacial score (nSPS) is 11.1. The van der Waals surface area contributed by atoms with Crippen molar-refractivity contribution in [2.45, 2.75) is 18.1 Å². The zero-order chi connectivity index (χ0) is 19.3. The van der Waals surface area contributed by atoms with E-state index in [4.69, 9.17) is 0 Å². The second-order valence-electron chi connectivity index (χ2n) is 5.10. The van der Waals surface area contributed by atoms with Crippen LogP contribution in [0.3, 0.4) is 0 Å². The van der Waals surface area contributed by atoms with Crippen molar-refractivity contribution >= 4 is 35.0 Å². The van der Waals surface area contributed by atoms with Gasteiger partial charge in [-0.1, -0.05) is 11.8 Å². The second kappa shape index (κ2) is 8.17. The van der Waals surface area contributed by atoms with Gasteiger partial charge in [0.05, 0.1) is 22.0 Å². The summed E-state index contributed by atoms with van der Waals surface area (Å²) < 4.78 is 50.9. The van der Waals surface area contributed by atoms with Crippen molar-refractivity contribution in [2.24, 2.45) is 0 Å². The number of aromatic nitrogens is 1. The number of thioether (sulfide) groups is 1. The fourth-order valence-corrected chi connectivity index (χ4v) is 2.50. The number of benzene rings is 1. The van der Waals surface area contributed by atoms with E-state index in [1.807, 2.05) is 0 Å². The monoisotopic (exact) mass is 387 g/mol. The lowest BCUT2D eigenvalue weighted by Gasteiger charge is -2.09. The van der Waals surface area contributed by atoms with Crippen LogP contribution in [0.15, 0.2) is 41.6 Å². The van der Waals surface area contributed by atoms with Crippen LogP contribution in [0.5, 0.6) is 0 Å². The van der Waals surface area contributed by atoms with Gasteiger partial charge >= 0.3 is 6.18 Å². The molecule has 2 N–H and O–H groups in total. The maximum absolute atomic E-state index is 13.5. The first-order chi connectivity index (χ1) is 12.1. The van der Waals surface area contributed by atoms with Gasteiger partial charge in [-0.05, 0) is 30.3 Å². The Bertz CT molecular complexity index is 810. The van der Waals surface area contributed by atoms with E-state index >= 15 is 0 Å². The molecular weight excluding hydrogens is 374 g/mol. The minimum Gasteiger partial charge on any atom is -0.325 e. The van der Waals surface area contributed by atoms with Crippen molar-refractivity contribution in [1.82, 2.24) is 4.98 Å². The van der Waals surface area contributed by atoms with E-state index in [0.29, 0.717) is 6.20 Å². The van der Waals surface area contributed by atoms with Crippen molar-refractivity contribution in [3.8, 4) is 0 Å². The van der Waals surface area contributed by atoms with E-state index in [1.165, 1.54) is 25.1 Å². The third-order valence-electron chi connectivity index (χ3n) is 2.98. The molecule has 2 aromatic rings. The number of hydrogen-bond donors (Lipinski definition) is 2. The number of rotatable bonds is 5. The minimum absolute atomic E-state index is 0.0765. The van der Waals surface area contributed by atoms with Gasteiger partial charge in [0.1, 0.15) is 5.82 Å². The highest BCUT2D eigenvalue weighted by Gasteiger charge is 2.30. The highest BCUT2D eigenvalue weighted by molar-refractivity contribution is 7.99. The van der Waals surface area contributed by atoms with Crippen molar-refractivity contribution < 1.29 is 27.2 Å².